The topological polar surface area (TPSA) is 49.4 Å². The molecule has 2 aromatic rings. The van der Waals surface area contributed by atoms with E-state index in [4.69, 9.17) is 0 Å². The summed E-state index contributed by atoms with van der Waals surface area (Å²) < 4.78 is 0. The first kappa shape index (κ1) is 17.2. The van der Waals surface area contributed by atoms with E-state index in [1.54, 1.807) is 0 Å². The predicted octanol–water partition coefficient (Wildman–Crippen LogP) is 3.80. The van der Waals surface area contributed by atoms with Gasteiger partial charge in [0.05, 0.1) is 6.42 Å². The van der Waals surface area contributed by atoms with Crippen LogP contribution in [0.4, 0.5) is 5.69 Å². The summed E-state index contributed by atoms with van der Waals surface area (Å²) in [5.41, 5.74) is 3.34. The maximum absolute atomic E-state index is 12.3. The van der Waals surface area contributed by atoms with E-state index in [-0.39, 0.29) is 11.8 Å². The molecule has 0 atom stereocenters. The summed E-state index contributed by atoms with van der Waals surface area (Å²) in [6.45, 7) is 3.68. The third-order valence-corrected chi connectivity index (χ3v) is 4.67. The fraction of sp³-hybridized carbons (Fsp3) is 0.333. The number of hydrogen-bond donors (Lipinski definition) is 1. The molecule has 2 amide bonds. The number of benzene rings is 2. The van der Waals surface area contributed by atoms with Gasteiger partial charge < -0.3 is 10.2 Å². The van der Waals surface area contributed by atoms with Crippen molar-refractivity contribution in [3.63, 3.8) is 0 Å². The highest BCUT2D eigenvalue weighted by Gasteiger charge is 2.16. The molecule has 2 aromatic carbocycles. The van der Waals surface area contributed by atoms with Gasteiger partial charge in [-0.3, -0.25) is 9.59 Å². The van der Waals surface area contributed by atoms with Crippen molar-refractivity contribution in [2.24, 2.45) is 0 Å². The third kappa shape index (κ3) is 4.47. The van der Waals surface area contributed by atoms with Crippen molar-refractivity contribution in [1.29, 1.82) is 0 Å². The van der Waals surface area contributed by atoms with Crippen LogP contribution in [-0.2, 0) is 11.2 Å². The van der Waals surface area contributed by atoms with Gasteiger partial charge in [-0.15, -0.1) is 0 Å². The van der Waals surface area contributed by atoms with Crippen molar-refractivity contribution >= 4 is 17.5 Å². The third-order valence-electron chi connectivity index (χ3n) is 4.67. The van der Waals surface area contributed by atoms with Crippen molar-refractivity contribution < 1.29 is 9.59 Å². The van der Waals surface area contributed by atoms with Gasteiger partial charge in [0.1, 0.15) is 0 Å². The van der Waals surface area contributed by atoms with Gasteiger partial charge in [-0.25, -0.2) is 0 Å². The molecule has 0 radical (unpaired) electrons. The summed E-state index contributed by atoms with van der Waals surface area (Å²) in [4.78, 5) is 26.6. The van der Waals surface area contributed by atoms with Crippen molar-refractivity contribution in [3.8, 4) is 0 Å². The van der Waals surface area contributed by atoms with E-state index in [0.29, 0.717) is 12.0 Å². The molecule has 0 aromatic heterocycles. The van der Waals surface area contributed by atoms with Crippen LogP contribution in [0.15, 0.2) is 48.5 Å². The maximum atomic E-state index is 12.3. The molecule has 0 aliphatic carbocycles. The van der Waals surface area contributed by atoms with E-state index in [1.807, 2.05) is 60.4 Å². The summed E-state index contributed by atoms with van der Waals surface area (Å²) in [5, 5.41) is 2.91. The smallest absolute Gasteiger partial charge is 0.255 e. The van der Waals surface area contributed by atoms with Gasteiger partial charge in [0.15, 0.2) is 0 Å². The second-order valence-electron chi connectivity index (χ2n) is 6.58. The summed E-state index contributed by atoms with van der Waals surface area (Å²) in [5.74, 6) is 0.0756. The fourth-order valence-electron chi connectivity index (χ4n) is 3.16. The van der Waals surface area contributed by atoms with Gasteiger partial charge in [-0.05, 0) is 55.5 Å². The Morgan fingerprint density at radius 1 is 0.960 bits per heavy atom. The van der Waals surface area contributed by atoms with E-state index < -0.39 is 0 Å². The minimum atomic E-state index is -0.116. The lowest BCUT2D eigenvalue weighted by atomic mass is 10.1. The summed E-state index contributed by atoms with van der Waals surface area (Å²) in [7, 11) is 0. The number of anilines is 1. The molecule has 1 heterocycles. The molecule has 0 spiro atoms. The number of carbonyl (C=O) groups excluding carboxylic acids is 2. The Balaban J connectivity index is 1.59. The molecule has 25 heavy (non-hydrogen) atoms. The molecular formula is C21H24N2O2. The molecular weight excluding hydrogens is 312 g/mol. The Kier molecular flexibility index (Phi) is 5.49. The lowest BCUT2D eigenvalue weighted by Gasteiger charge is -2.26. The van der Waals surface area contributed by atoms with E-state index in [1.165, 1.54) is 6.42 Å². The van der Waals surface area contributed by atoms with Gasteiger partial charge in [-0.2, -0.15) is 0 Å². The van der Waals surface area contributed by atoms with Gasteiger partial charge >= 0.3 is 0 Å². The molecule has 3 rings (SSSR count). The van der Waals surface area contributed by atoms with Crippen molar-refractivity contribution in [2.75, 3.05) is 18.4 Å². The molecule has 0 saturated carbocycles. The molecule has 1 fully saturated rings. The number of piperidine rings is 1. The van der Waals surface area contributed by atoms with Crippen LogP contribution < -0.4 is 5.32 Å². The van der Waals surface area contributed by atoms with Crippen LogP contribution in [0.1, 0.15) is 40.7 Å². The number of amides is 2. The molecule has 4 nitrogen and oxygen atoms in total. The van der Waals surface area contributed by atoms with E-state index in [0.717, 1.165) is 42.7 Å². The highest BCUT2D eigenvalue weighted by atomic mass is 16.2. The van der Waals surface area contributed by atoms with Gasteiger partial charge in [0.2, 0.25) is 5.91 Å². The monoisotopic (exact) mass is 336 g/mol. The van der Waals surface area contributed by atoms with Crippen LogP contribution >= 0.6 is 0 Å². The summed E-state index contributed by atoms with van der Waals surface area (Å²) in [6, 6.07) is 15.0. The highest BCUT2D eigenvalue weighted by molar-refractivity contribution is 6.05. The highest BCUT2D eigenvalue weighted by Crippen LogP contribution is 2.15. The molecule has 0 unspecified atom stereocenters. The number of aryl methyl sites for hydroxylation is 1. The SMILES string of the molecule is Cc1ccccc1C(=O)Nc1ccc(CC(=O)N2CCCCC2)cc1. The minimum absolute atomic E-state index is 0.116. The number of hydrogen-bond acceptors (Lipinski definition) is 2. The molecule has 1 N–H and O–H groups in total. The standard InChI is InChI=1S/C21H24N2O2/c1-16-7-3-4-8-19(16)21(25)22-18-11-9-17(10-12-18)15-20(24)23-13-5-2-6-14-23/h3-4,7-12H,2,5-6,13-15H2,1H3,(H,22,25). The van der Waals surface area contributed by atoms with E-state index in [9.17, 15) is 9.59 Å². The average molecular weight is 336 g/mol. The van der Waals surface area contributed by atoms with Crippen LogP contribution in [0.3, 0.4) is 0 Å². The maximum Gasteiger partial charge on any atom is 0.255 e. The fourth-order valence-corrected chi connectivity index (χ4v) is 3.16. The van der Waals surface area contributed by atoms with Crippen LogP contribution in [0.5, 0.6) is 0 Å². The second-order valence-corrected chi connectivity index (χ2v) is 6.58. The van der Waals surface area contributed by atoms with Crippen LogP contribution in [0.2, 0.25) is 0 Å². The number of nitrogens with one attached hydrogen (secondary N) is 1. The average Bonchev–Trinajstić information content (AvgIpc) is 2.64. The molecule has 130 valence electrons. The Labute approximate surface area is 148 Å². The Hall–Kier alpha value is -2.62. The van der Waals surface area contributed by atoms with Crippen LogP contribution in [0.25, 0.3) is 0 Å². The lowest BCUT2D eigenvalue weighted by molar-refractivity contribution is -0.131. The lowest BCUT2D eigenvalue weighted by Crippen LogP contribution is -2.36. The molecule has 1 aliphatic rings. The first-order chi connectivity index (χ1) is 12.1. The zero-order chi connectivity index (χ0) is 17.6. The summed E-state index contributed by atoms with van der Waals surface area (Å²) >= 11 is 0. The number of likely N-dealkylation sites (tertiary alicyclic amines) is 1. The van der Waals surface area contributed by atoms with E-state index in [2.05, 4.69) is 5.32 Å². The number of carbonyl (C=O) groups is 2. The minimum Gasteiger partial charge on any atom is -0.342 e. The zero-order valence-electron chi connectivity index (χ0n) is 14.6. The molecule has 4 heteroatoms. The van der Waals surface area contributed by atoms with Crippen molar-refractivity contribution in [2.45, 2.75) is 32.6 Å². The first-order valence-corrected chi connectivity index (χ1v) is 8.87. The van der Waals surface area contributed by atoms with Crippen LogP contribution in [-0.4, -0.2) is 29.8 Å². The summed E-state index contributed by atoms with van der Waals surface area (Å²) in [6.07, 6.45) is 3.86. The molecule has 0 bridgehead atoms. The number of rotatable bonds is 4. The Bertz CT molecular complexity index is 747. The zero-order valence-corrected chi connectivity index (χ0v) is 14.6. The number of nitrogens with zero attached hydrogens (tertiary/aromatic N) is 1. The second kappa shape index (κ2) is 7.97. The predicted molar refractivity (Wildman–Crippen MR) is 99.7 cm³/mol. The largest absolute Gasteiger partial charge is 0.342 e. The van der Waals surface area contributed by atoms with Crippen molar-refractivity contribution in [1.82, 2.24) is 4.90 Å². The van der Waals surface area contributed by atoms with Gasteiger partial charge in [0, 0.05) is 24.3 Å². The van der Waals surface area contributed by atoms with Gasteiger partial charge in [0.25, 0.3) is 5.91 Å². The van der Waals surface area contributed by atoms with Crippen molar-refractivity contribution in [3.05, 3.63) is 65.2 Å². The normalized spacial score (nSPS) is 14.2. The van der Waals surface area contributed by atoms with Gasteiger partial charge in [-0.1, -0.05) is 30.3 Å². The Morgan fingerprint density at radius 3 is 2.32 bits per heavy atom. The van der Waals surface area contributed by atoms with E-state index >= 15 is 0 Å². The first-order valence-electron chi connectivity index (χ1n) is 8.87. The Morgan fingerprint density at radius 2 is 1.64 bits per heavy atom. The quantitative estimate of drug-likeness (QED) is 0.923. The molecule has 1 aliphatic heterocycles. The molecule has 1 saturated heterocycles. The van der Waals surface area contributed by atoms with Crippen LogP contribution in [0, 0.1) is 6.92 Å².